The van der Waals surface area contributed by atoms with Crippen molar-refractivity contribution in [3.8, 4) is 0 Å². The van der Waals surface area contributed by atoms with E-state index in [9.17, 15) is 4.79 Å². The zero-order valence-electron chi connectivity index (χ0n) is 12.6. The van der Waals surface area contributed by atoms with Crippen LogP contribution in [0.3, 0.4) is 0 Å². The third-order valence-electron chi connectivity index (χ3n) is 3.64. The van der Waals surface area contributed by atoms with E-state index in [-0.39, 0.29) is 18.3 Å². The van der Waals surface area contributed by atoms with E-state index in [0.717, 1.165) is 32.5 Å². The second-order valence-electron chi connectivity index (χ2n) is 5.44. The summed E-state index contributed by atoms with van der Waals surface area (Å²) in [6.45, 7) is 4.80. The largest absolute Gasteiger partial charge is 0.356 e. The molecule has 6 nitrogen and oxygen atoms in total. The van der Waals surface area contributed by atoms with E-state index in [1.54, 1.807) is 6.92 Å². The van der Waals surface area contributed by atoms with Gasteiger partial charge >= 0.3 is 0 Å². The van der Waals surface area contributed by atoms with Crippen molar-refractivity contribution in [2.24, 2.45) is 5.92 Å². The van der Waals surface area contributed by atoms with Crippen molar-refractivity contribution >= 4 is 18.3 Å². The number of aromatic nitrogens is 2. The quantitative estimate of drug-likeness (QED) is 0.799. The Hall–Kier alpha value is -1.14. The van der Waals surface area contributed by atoms with Gasteiger partial charge in [0, 0.05) is 19.4 Å². The number of nitrogens with zero attached hydrogens (tertiary/aromatic N) is 2. The summed E-state index contributed by atoms with van der Waals surface area (Å²) in [6, 6.07) is 0. The van der Waals surface area contributed by atoms with Crippen molar-refractivity contribution in [3.63, 3.8) is 0 Å². The molecule has 0 aromatic carbocycles. The molecule has 0 bridgehead atoms. The second kappa shape index (κ2) is 9.73. The molecule has 1 unspecified atom stereocenters. The molecular formula is C14H25ClN4O2. The minimum atomic E-state index is 0. The van der Waals surface area contributed by atoms with Gasteiger partial charge in [0.25, 0.3) is 0 Å². The Bertz CT molecular complexity index is 419. The van der Waals surface area contributed by atoms with E-state index < -0.39 is 0 Å². The first kappa shape index (κ1) is 17.9. The van der Waals surface area contributed by atoms with Gasteiger partial charge in [0.1, 0.15) is 0 Å². The molecule has 0 saturated carbocycles. The minimum Gasteiger partial charge on any atom is -0.356 e. The molecule has 120 valence electrons. The molecule has 1 aromatic rings. The molecule has 1 atom stereocenters. The fraction of sp³-hybridized carbons (Fsp3) is 0.786. The lowest BCUT2D eigenvalue weighted by Crippen LogP contribution is -2.33. The average Bonchev–Trinajstić information content (AvgIpc) is 2.86. The zero-order chi connectivity index (χ0) is 14.2. The van der Waals surface area contributed by atoms with E-state index in [4.69, 9.17) is 4.52 Å². The number of aryl methyl sites for hydroxylation is 2. The lowest BCUT2D eigenvalue weighted by atomic mass is 9.96. The number of carbonyl (C=O) groups excluding carboxylic acids is 1. The maximum Gasteiger partial charge on any atom is 0.226 e. The van der Waals surface area contributed by atoms with Crippen LogP contribution in [0.2, 0.25) is 0 Å². The second-order valence-corrected chi connectivity index (χ2v) is 5.44. The van der Waals surface area contributed by atoms with Gasteiger partial charge in [-0.1, -0.05) is 5.16 Å². The molecule has 21 heavy (non-hydrogen) atoms. The number of rotatable bonds is 7. The summed E-state index contributed by atoms with van der Waals surface area (Å²) in [5.74, 6) is 2.09. The smallest absolute Gasteiger partial charge is 0.226 e. The summed E-state index contributed by atoms with van der Waals surface area (Å²) in [6.07, 6.45) is 5.53. The third kappa shape index (κ3) is 6.91. The number of piperidine rings is 1. The molecule has 1 aliphatic heterocycles. The number of carbonyl (C=O) groups is 1. The maximum atomic E-state index is 11.7. The Kier molecular flexibility index (Phi) is 8.30. The zero-order valence-corrected chi connectivity index (χ0v) is 13.4. The molecule has 1 saturated heterocycles. The maximum absolute atomic E-state index is 11.7. The van der Waals surface area contributed by atoms with Gasteiger partial charge in [0.05, 0.1) is 0 Å². The summed E-state index contributed by atoms with van der Waals surface area (Å²) in [4.78, 5) is 15.8. The molecule has 0 radical (unpaired) electrons. The van der Waals surface area contributed by atoms with Crippen molar-refractivity contribution in [2.75, 3.05) is 19.6 Å². The number of hydrogen-bond acceptors (Lipinski definition) is 5. The van der Waals surface area contributed by atoms with E-state index >= 15 is 0 Å². The van der Waals surface area contributed by atoms with Crippen molar-refractivity contribution < 1.29 is 9.32 Å². The Balaban J connectivity index is 0.00000220. The summed E-state index contributed by atoms with van der Waals surface area (Å²) in [5.41, 5.74) is 0. The van der Waals surface area contributed by atoms with Gasteiger partial charge in [-0.3, -0.25) is 4.79 Å². The predicted octanol–water partition coefficient (Wildman–Crippen LogP) is 1.63. The molecular weight excluding hydrogens is 292 g/mol. The van der Waals surface area contributed by atoms with Gasteiger partial charge in [-0.05, 0) is 51.6 Å². The van der Waals surface area contributed by atoms with Crippen LogP contribution < -0.4 is 10.6 Å². The van der Waals surface area contributed by atoms with Gasteiger partial charge in [0.2, 0.25) is 11.8 Å². The predicted molar refractivity (Wildman–Crippen MR) is 82.4 cm³/mol. The number of halogens is 1. The fourth-order valence-electron chi connectivity index (χ4n) is 2.52. The van der Waals surface area contributed by atoms with E-state index in [1.165, 1.54) is 12.8 Å². The molecule has 1 aliphatic rings. The molecule has 1 amide bonds. The highest BCUT2D eigenvalue weighted by Gasteiger charge is 2.12. The third-order valence-corrected chi connectivity index (χ3v) is 3.64. The van der Waals surface area contributed by atoms with Gasteiger partial charge < -0.3 is 15.2 Å². The lowest BCUT2D eigenvalue weighted by Gasteiger charge is -2.22. The Morgan fingerprint density at radius 2 is 2.38 bits per heavy atom. The lowest BCUT2D eigenvalue weighted by molar-refractivity contribution is -0.121. The van der Waals surface area contributed by atoms with Crippen LogP contribution >= 0.6 is 12.4 Å². The molecule has 0 aliphatic carbocycles. The highest BCUT2D eigenvalue weighted by atomic mass is 35.5. The van der Waals surface area contributed by atoms with E-state index in [1.807, 2.05) is 0 Å². The monoisotopic (exact) mass is 316 g/mol. The molecule has 0 spiro atoms. The topological polar surface area (TPSA) is 80.0 Å². The summed E-state index contributed by atoms with van der Waals surface area (Å²) >= 11 is 0. The molecule has 7 heteroatoms. The average molecular weight is 317 g/mol. The first-order chi connectivity index (χ1) is 9.74. The first-order valence-electron chi connectivity index (χ1n) is 7.50. The number of amides is 1. The minimum absolute atomic E-state index is 0. The number of hydrogen-bond donors (Lipinski definition) is 2. The molecule has 2 N–H and O–H groups in total. The van der Waals surface area contributed by atoms with Crippen molar-refractivity contribution in [1.29, 1.82) is 0 Å². The van der Waals surface area contributed by atoms with Crippen LogP contribution in [0.5, 0.6) is 0 Å². The van der Waals surface area contributed by atoms with Crippen LogP contribution in [0.1, 0.15) is 43.8 Å². The SMILES string of the molecule is Cc1noc(CCCC(=O)NCCC2CCCNC2)n1.Cl. The Morgan fingerprint density at radius 3 is 3.05 bits per heavy atom. The Morgan fingerprint density at radius 1 is 1.52 bits per heavy atom. The molecule has 2 heterocycles. The number of nitrogens with one attached hydrogen (secondary N) is 2. The van der Waals surface area contributed by atoms with E-state index in [0.29, 0.717) is 30.5 Å². The Labute approximate surface area is 131 Å². The van der Waals surface area contributed by atoms with Gasteiger partial charge in [-0.2, -0.15) is 4.98 Å². The summed E-state index contributed by atoms with van der Waals surface area (Å²) in [5, 5.41) is 10.1. The van der Waals surface area contributed by atoms with Crippen molar-refractivity contribution in [1.82, 2.24) is 20.8 Å². The van der Waals surface area contributed by atoms with E-state index in [2.05, 4.69) is 20.8 Å². The van der Waals surface area contributed by atoms with Gasteiger partial charge in [-0.25, -0.2) is 0 Å². The highest BCUT2D eigenvalue weighted by Crippen LogP contribution is 2.12. The fourth-order valence-corrected chi connectivity index (χ4v) is 2.52. The van der Waals surface area contributed by atoms with Crippen LogP contribution in [-0.2, 0) is 11.2 Å². The van der Waals surface area contributed by atoms with Gasteiger partial charge in [0.15, 0.2) is 5.82 Å². The normalized spacial score (nSPS) is 18.0. The first-order valence-corrected chi connectivity index (χ1v) is 7.50. The summed E-state index contributed by atoms with van der Waals surface area (Å²) < 4.78 is 5.01. The molecule has 2 rings (SSSR count). The van der Waals surface area contributed by atoms with Crippen LogP contribution in [0, 0.1) is 12.8 Å². The molecule has 1 aromatic heterocycles. The summed E-state index contributed by atoms with van der Waals surface area (Å²) in [7, 11) is 0. The van der Waals surface area contributed by atoms with Crippen LogP contribution in [0.25, 0.3) is 0 Å². The highest BCUT2D eigenvalue weighted by molar-refractivity contribution is 5.85. The van der Waals surface area contributed by atoms with Crippen LogP contribution in [0.4, 0.5) is 0 Å². The van der Waals surface area contributed by atoms with Crippen molar-refractivity contribution in [2.45, 2.75) is 45.4 Å². The standard InChI is InChI=1S/C14H24N4O2.ClH/c1-11-17-14(20-18-11)6-2-5-13(19)16-9-7-12-4-3-8-15-10-12;/h12,15H,2-10H2,1H3,(H,16,19);1H. The molecule has 1 fully saturated rings. The van der Waals surface area contributed by atoms with Crippen LogP contribution in [0.15, 0.2) is 4.52 Å². The van der Waals surface area contributed by atoms with Gasteiger partial charge in [-0.15, -0.1) is 12.4 Å². The van der Waals surface area contributed by atoms with Crippen molar-refractivity contribution in [3.05, 3.63) is 11.7 Å². The van der Waals surface area contributed by atoms with Crippen LogP contribution in [-0.4, -0.2) is 35.7 Å².